The molecule has 0 radical (unpaired) electrons. The van der Waals surface area contributed by atoms with Crippen LogP contribution in [0.1, 0.15) is 21.6 Å². The van der Waals surface area contributed by atoms with Crippen LogP contribution in [0.5, 0.6) is 0 Å². The van der Waals surface area contributed by atoms with Crippen molar-refractivity contribution >= 4 is 17.7 Å². The van der Waals surface area contributed by atoms with E-state index in [1.165, 1.54) is 7.11 Å². The normalized spacial score (nSPS) is 11.3. The molecule has 0 saturated carbocycles. The quantitative estimate of drug-likeness (QED) is 0.488. The summed E-state index contributed by atoms with van der Waals surface area (Å²) in [5, 5.41) is -0.00510. The highest BCUT2D eigenvalue weighted by atomic mass is 32.2. The van der Waals surface area contributed by atoms with E-state index in [-0.39, 0.29) is 10.9 Å². The van der Waals surface area contributed by atoms with Crippen LogP contribution in [0, 0.1) is 0 Å². The third-order valence-corrected chi connectivity index (χ3v) is 3.61. The number of nitrogens with zero attached hydrogens (tertiary/aromatic N) is 2. The number of hydrogen-bond donors (Lipinski definition) is 0. The summed E-state index contributed by atoms with van der Waals surface area (Å²) in [4.78, 5) is 18.9. The van der Waals surface area contributed by atoms with E-state index in [2.05, 4.69) is 14.7 Å². The highest BCUT2D eigenvalue weighted by Gasteiger charge is 2.32. The maximum Gasteiger partial charge on any atom is 0.433 e. The van der Waals surface area contributed by atoms with Gasteiger partial charge in [-0.3, -0.25) is 0 Å². The van der Waals surface area contributed by atoms with E-state index in [0.717, 1.165) is 24.0 Å². The number of rotatable bonds is 4. The first-order valence-electron chi connectivity index (χ1n) is 6.11. The van der Waals surface area contributed by atoms with E-state index in [0.29, 0.717) is 11.1 Å². The highest BCUT2D eigenvalue weighted by Crippen LogP contribution is 2.29. The van der Waals surface area contributed by atoms with Gasteiger partial charge in [-0.1, -0.05) is 30.0 Å². The molecule has 0 aliphatic rings. The Labute approximate surface area is 128 Å². The molecule has 2 aromatic rings. The van der Waals surface area contributed by atoms with Gasteiger partial charge in [-0.2, -0.15) is 13.2 Å². The molecule has 0 aliphatic carbocycles. The van der Waals surface area contributed by atoms with E-state index in [1.807, 2.05) is 0 Å². The highest BCUT2D eigenvalue weighted by molar-refractivity contribution is 7.98. The predicted molar refractivity (Wildman–Crippen MR) is 74.4 cm³/mol. The van der Waals surface area contributed by atoms with Crippen molar-refractivity contribution in [2.45, 2.75) is 17.1 Å². The first-order chi connectivity index (χ1) is 10.4. The average Bonchev–Trinajstić information content (AvgIpc) is 2.52. The van der Waals surface area contributed by atoms with Crippen molar-refractivity contribution in [3.05, 3.63) is 53.3 Å². The van der Waals surface area contributed by atoms with Crippen molar-refractivity contribution in [3.63, 3.8) is 0 Å². The maximum absolute atomic E-state index is 12.6. The fourth-order valence-electron chi connectivity index (χ4n) is 1.67. The fraction of sp³-hybridized carbons (Fsp3) is 0.214. The number of carbonyl (C=O) groups is 1. The standard InChI is InChI=1S/C14H11F3N2O2S/c1-21-12(20)10-5-3-2-4-9(10)8-22-13-18-7-6-11(19-13)14(15,16)17/h2-7H,8H2,1H3. The molecule has 0 amide bonds. The smallest absolute Gasteiger partial charge is 0.433 e. The summed E-state index contributed by atoms with van der Waals surface area (Å²) in [6.45, 7) is 0. The monoisotopic (exact) mass is 328 g/mol. The van der Waals surface area contributed by atoms with Crippen molar-refractivity contribution in [2.24, 2.45) is 0 Å². The second-order valence-electron chi connectivity index (χ2n) is 4.16. The molecule has 0 aliphatic heterocycles. The summed E-state index contributed by atoms with van der Waals surface area (Å²) < 4.78 is 42.4. The van der Waals surface area contributed by atoms with E-state index in [9.17, 15) is 18.0 Å². The van der Waals surface area contributed by atoms with Crippen LogP contribution in [-0.2, 0) is 16.7 Å². The van der Waals surface area contributed by atoms with E-state index >= 15 is 0 Å². The van der Waals surface area contributed by atoms with Gasteiger partial charge >= 0.3 is 12.1 Å². The Hall–Kier alpha value is -2.09. The summed E-state index contributed by atoms with van der Waals surface area (Å²) in [6, 6.07) is 7.52. The summed E-state index contributed by atoms with van der Waals surface area (Å²) in [7, 11) is 1.27. The van der Waals surface area contributed by atoms with Gasteiger partial charge in [0.2, 0.25) is 0 Å². The molecule has 116 valence electrons. The number of hydrogen-bond acceptors (Lipinski definition) is 5. The number of ether oxygens (including phenoxy) is 1. The Bertz CT molecular complexity index is 677. The van der Waals surface area contributed by atoms with Crippen LogP contribution >= 0.6 is 11.8 Å². The molecule has 0 fully saturated rings. The van der Waals surface area contributed by atoms with Gasteiger partial charge in [0.15, 0.2) is 5.16 Å². The van der Waals surface area contributed by atoms with Crippen LogP contribution < -0.4 is 0 Å². The second kappa shape index (κ2) is 6.78. The van der Waals surface area contributed by atoms with Gasteiger partial charge in [0.25, 0.3) is 0 Å². The van der Waals surface area contributed by atoms with Crippen LogP contribution in [-0.4, -0.2) is 23.0 Å². The van der Waals surface area contributed by atoms with Crippen LogP contribution in [0.25, 0.3) is 0 Å². The zero-order valence-electron chi connectivity index (χ0n) is 11.4. The maximum atomic E-state index is 12.6. The van der Waals surface area contributed by atoms with Gasteiger partial charge in [-0.25, -0.2) is 14.8 Å². The first-order valence-corrected chi connectivity index (χ1v) is 7.09. The minimum atomic E-state index is -4.51. The lowest BCUT2D eigenvalue weighted by atomic mass is 10.1. The fourth-order valence-corrected chi connectivity index (χ4v) is 2.50. The average molecular weight is 328 g/mol. The van der Waals surface area contributed by atoms with Gasteiger partial charge < -0.3 is 4.74 Å². The van der Waals surface area contributed by atoms with Crippen molar-refractivity contribution in [1.29, 1.82) is 0 Å². The number of alkyl halides is 3. The number of halogens is 3. The number of methoxy groups -OCH3 is 1. The van der Waals surface area contributed by atoms with Crippen LogP contribution in [0.3, 0.4) is 0 Å². The topological polar surface area (TPSA) is 52.1 Å². The number of esters is 1. The lowest BCUT2D eigenvalue weighted by Crippen LogP contribution is -2.09. The Morgan fingerprint density at radius 2 is 2.00 bits per heavy atom. The van der Waals surface area contributed by atoms with Crippen LogP contribution in [0.4, 0.5) is 13.2 Å². The molecule has 4 nitrogen and oxygen atoms in total. The van der Waals surface area contributed by atoms with Gasteiger partial charge in [-0.05, 0) is 17.7 Å². The Kier molecular flexibility index (Phi) is 5.02. The van der Waals surface area contributed by atoms with Gasteiger partial charge in [-0.15, -0.1) is 0 Å². The van der Waals surface area contributed by atoms with Crippen LogP contribution in [0.15, 0.2) is 41.7 Å². The minimum absolute atomic E-state index is 0.00510. The zero-order chi connectivity index (χ0) is 16.2. The molecule has 2 rings (SSSR count). The predicted octanol–water partition coefficient (Wildman–Crippen LogP) is 3.57. The number of aromatic nitrogens is 2. The lowest BCUT2D eigenvalue weighted by molar-refractivity contribution is -0.141. The van der Waals surface area contributed by atoms with Crippen LogP contribution in [0.2, 0.25) is 0 Å². The summed E-state index contributed by atoms with van der Waals surface area (Å²) in [6.07, 6.45) is -3.45. The molecular weight excluding hydrogens is 317 g/mol. The third kappa shape index (κ3) is 3.97. The summed E-state index contributed by atoms with van der Waals surface area (Å²) in [5.41, 5.74) is 0.0103. The number of carbonyl (C=O) groups excluding carboxylic acids is 1. The molecule has 0 unspecified atom stereocenters. The third-order valence-electron chi connectivity index (χ3n) is 2.70. The molecule has 1 aromatic heterocycles. The van der Waals surface area contributed by atoms with Crippen molar-refractivity contribution in [2.75, 3.05) is 7.11 Å². The molecule has 1 aromatic carbocycles. The molecule has 0 bridgehead atoms. The van der Waals surface area contributed by atoms with Gasteiger partial charge in [0.05, 0.1) is 12.7 Å². The largest absolute Gasteiger partial charge is 0.465 e. The van der Waals surface area contributed by atoms with Gasteiger partial charge in [0, 0.05) is 11.9 Å². The first kappa shape index (κ1) is 16.3. The lowest BCUT2D eigenvalue weighted by Gasteiger charge is -2.08. The molecule has 0 N–H and O–H groups in total. The van der Waals surface area contributed by atoms with Gasteiger partial charge in [0.1, 0.15) is 5.69 Å². The van der Waals surface area contributed by atoms with Crippen molar-refractivity contribution in [1.82, 2.24) is 9.97 Å². The van der Waals surface area contributed by atoms with Crippen molar-refractivity contribution < 1.29 is 22.7 Å². The minimum Gasteiger partial charge on any atom is -0.465 e. The molecule has 0 spiro atoms. The SMILES string of the molecule is COC(=O)c1ccccc1CSc1nccc(C(F)(F)F)n1. The second-order valence-corrected chi connectivity index (χ2v) is 5.10. The summed E-state index contributed by atoms with van der Waals surface area (Å²) >= 11 is 1.02. The Morgan fingerprint density at radius 3 is 2.68 bits per heavy atom. The summed E-state index contributed by atoms with van der Waals surface area (Å²) in [5.74, 6) is -0.242. The molecule has 22 heavy (non-hydrogen) atoms. The van der Waals surface area contributed by atoms with E-state index in [1.54, 1.807) is 24.3 Å². The Morgan fingerprint density at radius 1 is 1.27 bits per heavy atom. The number of thioether (sulfide) groups is 1. The Balaban J connectivity index is 2.16. The zero-order valence-corrected chi connectivity index (χ0v) is 12.2. The molecular formula is C14H11F3N2O2S. The number of benzene rings is 1. The molecule has 0 atom stereocenters. The molecule has 1 heterocycles. The van der Waals surface area contributed by atoms with Crippen molar-refractivity contribution in [3.8, 4) is 0 Å². The molecule has 0 saturated heterocycles. The van der Waals surface area contributed by atoms with E-state index < -0.39 is 17.8 Å². The van der Waals surface area contributed by atoms with E-state index in [4.69, 9.17) is 0 Å². The molecule has 8 heteroatoms.